The van der Waals surface area contributed by atoms with Crippen LogP contribution in [0.25, 0.3) is 11.5 Å². The second kappa shape index (κ2) is 7.75. The van der Waals surface area contributed by atoms with Crippen LogP contribution in [-0.4, -0.2) is 46.9 Å². The fourth-order valence-electron chi connectivity index (χ4n) is 2.75. The minimum absolute atomic E-state index is 0.306. The van der Waals surface area contributed by atoms with Gasteiger partial charge in [-0.1, -0.05) is 13.3 Å². The highest BCUT2D eigenvalue weighted by Gasteiger charge is 2.21. The molecule has 124 valence electrons. The molecule has 0 atom stereocenters. The van der Waals surface area contributed by atoms with Crippen molar-refractivity contribution in [3.63, 3.8) is 0 Å². The van der Waals surface area contributed by atoms with Gasteiger partial charge in [-0.05, 0) is 18.6 Å². The fourth-order valence-corrected chi connectivity index (χ4v) is 3.58. The second-order valence-corrected chi connectivity index (χ2v) is 6.81. The molecular weight excluding hydrogens is 310 g/mol. The van der Waals surface area contributed by atoms with Crippen LogP contribution in [0.15, 0.2) is 28.2 Å². The zero-order valence-corrected chi connectivity index (χ0v) is 14.3. The van der Waals surface area contributed by atoms with Gasteiger partial charge in [0.2, 0.25) is 5.91 Å². The molecule has 5 nitrogen and oxygen atoms in total. The first-order valence-electron chi connectivity index (χ1n) is 8.24. The molecule has 3 rings (SSSR count). The summed E-state index contributed by atoms with van der Waals surface area (Å²) in [5.41, 5.74) is 0.906. The lowest BCUT2D eigenvalue weighted by Gasteiger charge is -2.34. The summed E-state index contributed by atoms with van der Waals surface area (Å²) in [7, 11) is 0. The number of hydrogen-bond acceptors (Lipinski definition) is 5. The van der Waals surface area contributed by atoms with E-state index in [9.17, 15) is 4.79 Å². The maximum Gasteiger partial charge on any atom is 0.222 e. The van der Waals surface area contributed by atoms with Crippen LogP contribution in [0.3, 0.4) is 0 Å². The van der Waals surface area contributed by atoms with E-state index in [1.165, 1.54) is 0 Å². The number of furan rings is 1. The molecule has 0 saturated carbocycles. The van der Waals surface area contributed by atoms with E-state index >= 15 is 0 Å². The fraction of sp³-hybridized carbons (Fsp3) is 0.529. The number of aromatic nitrogens is 1. The molecule has 3 heterocycles. The van der Waals surface area contributed by atoms with Crippen LogP contribution in [-0.2, 0) is 11.3 Å². The third-order valence-electron chi connectivity index (χ3n) is 4.15. The number of hydrogen-bond donors (Lipinski definition) is 0. The quantitative estimate of drug-likeness (QED) is 0.814. The molecule has 6 heteroatoms. The molecule has 1 fully saturated rings. The molecule has 0 aliphatic carbocycles. The van der Waals surface area contributed by atoms with Crippen LogP contribution in [0.5, 0.6) is 0 Å². The molecule has 1 amide bonds. The summed E-state index contributed by atoms with van der Waals surface area (Å²) in [5, 5.41) is 3.14. The number of thiazole rings is 1. The van der Waals surface area contributed by atoms with Crippen molar-refractivity contribution in [3.8, 4) is 11.5 Å². The molecule has 0 N–H and O–H groups in total. The van der Waals surface area contributed by atoms with Crippen LogP contribution in [0.2, 0.25) is 0 Å². The number of unbranched alkanes of at least 4 members (excludes halogenated alkanes) is 1. The normalized spacial score (nSPS) is 16.0. The molecule has 1 aliphatic heterocycles. The lowest BCUT2D eigenvalue weighted by atomic mass is 10.2. The Labute approximate surface area is 140 Å². The van der Waals surface area contributed by atoms with Crippen molar-refractivity contribution in [2.24, 2.45) is 0 Å². The monoisotopic (exact) mass is 333 g/mol. The minimum Gasteiger partial charge on any atom is -0.463 e. The van der Waals surface area contributed by atoms with E-state index in [1.54, 1.807) is 17.6 Å². The van der Waals surface area contributed by atoms with Gasteiger partial charge in [0.05, 0.1) is 12.8 Å². The van der Waals surface area contributed by atoms with E-state index in [4.69, 9.17) is 4.42 Å². The van der Waals surface area contributed by atoms with E-state index in [0.29, 0.717) is 12.3 Å². The predicted octanol–water partition coefficient (Wildman–Crippen LogP) is 3.24. The van der Waals surface area contributed by atoms with Crippen molar-refractivity contribution in [3.05, 3.63) is 28.8 Å². The van der Waals surface area contributed by atoms with Gasteiger partial charge in [0.15, 0.2) is 5.76 Å². The topological polar surface area (TPSA) is 49.6 Å². The molecule has 0 spiro atoms. The largest absolute Gasteiger partial charge is 0.463 e. The predicted molar refractivity (Wildman–Crippen MR) is 91.2 cm³/mol. The summed E-state index contributed by atoms with van der Waals surface area (Å²) in [5.74, 6) is 1.12. The number of nitrogens with zero attached hydrogens (tertiary/aromatic N) is 3. The zero-order chi connectivity index (χ0) is 16.1. The highest BCUT2D eigenvalue weighted by Crippen LogP contribution is 2.23. The van der Waals surface area contributed by atoms with Crippen molar-refractivity contribution >= 4 is 17.2 Å². The van der Waals surface area contributed by atoms with Gasteiger partial charge in [0.25, 0.3) is 0 Å². The first-order chi connectivity index (χ1) is 11.3. The average Bonchev–Trinajstić information content (AvgIpc) is 3.24. The van der Waals surface area contributed by atoms with Gasteiger partial charge < -0.3 is 9.32 Å². The van der Waals surface area contributed by atoms with Crippen molar-refractivity contribution in [2.45, 2.75) is 32.7 Å². The molecule has 1 aliphatic rings. The summed E-state index contributed by atoms with van der Waals surface area (Å²) in [6.45, 7) is 6.48. The standard InChI is InChI=1S/C17H23N3O2S/c1-2-3-6-17(21)20-9-7-19(8-10-20)12-16-18-14(13-23-16)15-5-4-11-22-15/h4-5,11,13H,2-3,6-10,12H2,1H3. The van der Waals surface area contributed by atoms with Crippen molar-refractivity contribution in [2.75, 3.05) is 26.2 Å². The Bertz CT molecular complexity index is 616. The highest BCUT2D eigenvalue weighted by atomic mass is 32.1. The van der Waals surface area contributed by atoms with E-state index in [-0.39, 0.29) is 0 Å². The lowest BCUT2D eigenvalue weighted by molar-refractivity contribution is -0.133. The van der Waals surface area contributed by atoms with Crippen LogP contribution >= 0.6 is 11.3 Å². The molecule has 1 saturated heterocycles. The van der Waals surface area contributed by atoms with Crippen molar-refractivity contribution < 1.29 is 9.21 Å². The van der Waals surface area contributed by atoms with Crippen molar-refractivity contribution in [1.29, 1.82) is 0 Å². The van der Waals surface area contributed by atoms with Gasteiger partial charge >= 0.3 is 0 Å². The molecule has 0 aromatic carbocycles. The van der Waals surface area contributed by atoms with Gasteiger partial charge in [0, 0.05) is 38.0 Å². The van der Waals surface area contributed by atoms with Gasteiger partial charge in [-0.15, -0.1) is 11.3 Å². The molecule has 2 aromatic rings. The van der Waals surface area contributed by atoms with E-state index in [0.717, 1.165) is 62.0 Å². The minimum atomic E-state index is 0.306. The van der Waals surface area contributed by atoms with Crippen LogP contribution in [0, 0.1) is 0 Å². The molecule has 2 aromatic heterocycles. The second-order valence-electron chi connectivity index (χ2n) is 5.86. The van der Waals surface area contributed by atoms with Crippen LogP contribution in [0.1, 0.15) is 31.2 Å². The Morgan fingerprint density at radius 3 is 2.87 bits per heavy atom. The number of rotatable bonds is 6. The Morgan fingerprint density at radius 1 is 1.35 bits per heavy atom. The third-order valence-corrected chi connectivity index (χ3v) is 4.99. The first kappa shape index (κ1) is 16.2. The lowest BCUT2D eigenvalue weighted by Crippen LogP contribution is -2.48. The summed E-state index contributed by atoms with van der Waals surface area (Å²) in [6.07, 6.45) is 4.43. The first-order valence-corrected chi connectivity index (χ1v) is 9.12. The molecule has 0 radical (unpaired) electrons. The Balaban J connectivity index is 1.48. The van der Waals surface area contributed by atoms with Gasteiger partial charge in [0.1, 0.15) is 10.7 Å². The Hall–Kier alpha value is -1.66. The molecule has 0 unspecified atom stereocenters. The van der Waals surface area contributed by atoms with Crippen LogP contribution in [0.4, 0.5) is 0 Å². The average molecular weight is 333 g/mol. The van der Waals surface area contributed by atoms with Crippen LogP contribution < -0.4 is 0 Å². The maximum atomic E-state index is 12.0. The Morgan fingerprint density at radius 2 is 2.17 bits per heavy atom. The molecule has 0 bridgehead atoms. The van der Waals surface area contributed by atoms with E-state index in [2.05, 4.69) is 16.8 Å². The van der Waals surface area contributed by atoms with E-state index in [1.807, 2.05) is 22.4 Å². The van der Waals surface area contributed by atoms with Gasteiger partial charge in [-0.3, -0.25) is 9.69 Å². The zero-order valence-electron chi connectivity index (χ0n) is 13.5. The van der Waals surface area contributed by atoms with Gasteiger partial charge in [-0.2, -0.15) is 0 Å². The molecule has 23 heavy (non-hydrogen) atoms. The number of piperazine rings is 1. The van der Waals surface area contributed by atoms with Gasteiger partial charge in [-0.25, -0.2) is 4.98 Å². The number of carbonyl (C=O) groups excluding carboxylic acids is 1. The summed E-state index contributed by atoms with van der Waals surface area (Å²) >= 11 is 1.67. The summed E-state index contributed by atoms with van der Waals surface area (Å²) in [6, 6.07) is 3.81. The summed E-state index contributed by atoms with van der Waals surface area (Å²) in [4.78, 5) is 21.1. The highest BCUT2D eigenvalue weighted by molar-refractivity contribution is 7.09. The molecular formula is C17H23N3O2S. The van der Waals surface area contributed by atoms with Crippen molar-refractivity contribution in [1.82, 2.24) is 14.8 Å². The maximum absolute atomic E-state index is 12.0. The number of amides is 1. The summed E-state index contributed by atoms with van der Waals surface area (Å²) < 4.78 is 5.38. The number of carbonyl (C=O) groups is 1. The Kier molecular flexibility index (Phi) is 5.46. The SMILES string of the molecule is CCCCC(=O)N1CCN(Cc2nc(-c3ccco3)cs2)CC1. The smallest absolute Gasteiger partial charge is 0.222 e. The van der Waals surface area contributed by atoms with E-state index < -0.39 is 0 Å². The third kappa shape index (κ3) is 4.20.